The molecule has 54 heavy (non-hydrogen) atoms. The van der Waals surface area contributed by atoms with Gasteiger partial charge in [-0.2, -0.15) is 0 Å². The van der Waals surface area contributed by atoms with Gasteiger partial charge in [0.1, 0.15) is 16.8 Å². The van der Waals surface area contributed by atoms with Crippen LogP contribution in [0.25, 0.3) is 100 Å². The molecule has 0 bridgehead atoms. The van der Waals surface area contributed by atoms with Gasteiger partial charge in [-0.1, -0.05) is 127 Å². The Balaban J connectivity index is 1.12. The van der Waals surface area contributed by atoms with Crippen molar-refractivity contribution >= 4 is 66.5 Å². The molecule has 0 amide bonds. The van der Waals surface area contributed by atoms with E-state index < -0.39 is 0 Å². The molecule has 1 aliphatic rings. The van der Waals surface area contributed by atoms with Crippen LogP contribution in [0.15, 0.2) is 178 Å². The fourth-order valence-electron chi connectivity index (χ4n) is 8.24. The number of rotatable bonds is 4. The highest BCUT2D eigenvalue weighted by molar-refractivity contribution is 7.99. The van der Waals surface area contributed by atoms with Crippen molar-refractivity contribution in [2.75, 3.05) is 0 Å². The van der Waals surface area contributed by atoms with Gasteiger partial charge in [0, 0.05) is 53.5 Å². The van der Waals surface area contributed by atoms with Crippen molar-refractivity contribution in [1.82, 2.24) is 24.1 Å². The molecule has 0 fully saturated rings. The Hall–Kier alpha value is -6.96. The Morgan fingerprint density at radius 1 is 0.481 bits per heavy atom. The molecule has 0 N–H and O–H groups in total. The van der Waals surface area contributed by atoms with Crippen LogP contribution in [0, 0.1) is 0 Å². The van der Waals surface area contributed by atoms with Gasteiger partial charge in [0.25, 0.3) is 0 Å². The SMILES string of the molecule is c1ccc(-c2nc(-c3cccc(-n4c5ccccc5c5c6cccc7c6n(c54)-c4ccccc4S7)c3)nc(-c3cccc4c3oc3ccccc34)n2)cc1. The summed E-state index contributed by atoms with van der Waals surface area (Å²) in [5.74, 6) is 1.76. The first-order valence-electron chi connectivity index (χ1n) is 18.0. The monoisotopic (exact) mass is 709 g/mol. The van der Waals surface area contributed by atoms with E-state index in [0.717, 1.165) is 55.5 Å². The molecule has 0 spiro atoms. The molecule has 6 nitrogen and oxygen atoms in total. The zero-order chi connectivity index (χ0) is 35.3. The molecular formula is C47H27N5OS. The van der Waals surface area contributed by atoms with Gasteiger partial charge >= 0.3 is 0 Å². The lowest BCUT2D eigenvalue weighted by molar-refractivity contribution is 0.669. The van der Waals surface area contributed by atoms with E-state index in [2.05, 4.69) is 112 Å². The first kappa shape index (κ1) is 29.6. The number of furan rings is 1. The average Bonchev–Trinajstić information content (AvgIpc) is 3.90. The fourth-order valence-corrected chi connectivity index (χ4v) is 9.33. The highest BCUT2D eigenvalue weighted by atomic mass is 32.2. The van der Waals surface area contributed by atoms with Crippen molar-refractivity contribution in [3.05, 3.63) is 164 Å². The van der Waals surface area contributed by atoms with Gasteiger partial charge in [-0.15, -0.1) is 0 Å². The summed E-state index contributed by atoms with van der Waals surface area (Å²) in [5.41, 5.74) is 9.97. The quantitative estimate of drug-likeness (QED) is 0.182. The third-order valence-corrected chi connectivity index (χ3v) is 11.7. The van der Waals surface area contributed by atoms with E-state index in [9.17, 15) is 0 Å². The second-order valence-electron chi connectivity index (χ2n) is 13.6. The molecule has 1 aliphatic heterocycles. The molecule has 0 saturated carbocycles. The number of benzene rings is 7. The van der Waals surface area contributed by atoms with Gasteiger partial charge in [-0.05, 0) is 48.5 Å². The Kier molecular flexibility index (Phi) is 6.18. The Bertz CT molecular complexity index is 3320. The summed E-state index contributed by atoms with van der Waals surface area (Å²) in [6.07, 6.45) is 0. The Morgan fingerprint density at radius 2 is 1.15 bits per heavy atom. The van der Waals surface area contributed by atoms with E-state index >= 15 is 0 Å². The van der Waals surface area contributed by atoms with Crippen LogP contribution >= 0.6 is 11.8 Å². The molecule has 7 heteroatoms. The highest BCUT2D eigenvalue weighted by Gasteiger charge is 2.28. The van der Waals surface area contributed by atoms with E-state index in [1.165, 1.54) is 37.2 Å². The number of hydrogen-bond donors (Lipinski definition) is 0. The van der Waals surface area contributed by atoms with Crippen molar-refractivity contribution in [3.8, 4) is 45.5 Å². The third-order valence-electron chi connectivity index (χ3n) is 10.6. The van der Waals surface area contributed by atoms with E-state index in [0.29, 0.717) is 17.5 Å². The summed E-state index contributed by atoms with van der Waals surface area (Å²) in [6, 6.07) is 57.1. The summed E-state index contributed by atoms with van der Waals surface area (Å²) >= 11 is 1.84. The zero-order valence-electron chi connectivity index (χ0n) is 28.6. The van der Waals surface area contributed by atoms with Crippen molar-refractivity contribution in [2.24, 2.45) is 0 Å². The minimum atomic E-state index is 0.562. The Morgan fingerprint density at radius 3 is 2.07 bits per heavy atom. The van der Waals surface area contributed by atoms with Gasteiger partial charge in [-0.3, -0.25) is 9.13 Å². The first-order chi connectivity index (χ1) is 26.8. The van der Waals surface area contributed by atoms with Crippen LogP contribution in [0.2, 0.25) is 0 Å². The lowest BCUT2D eigenvalue weighted by atomic mass is 10.1. The van der Waals surface area contributed by atoms with Crippen LogP contribution in [-0.2, 0) is 0 Å². The minimum Gasteiger partial charge on any atom is -0.455 e. The smallest absolute Gasteiger partial charge is 0.167 e. The van der Waals surface area contributed by atoms with Crippen molar-refractivity contribution in [1.29, 1.82) is 0 Å². The van der Waals surface area contributed by atoms with Crippen LogP contribution < -0.4 is 0 Å². The average molecular weight is 710 g/mol. The number of hydrogen-bond acceptors (Lipinski definition) is 5. The predicted octanol–water partition coefficient (Wildman–Crippen LogP) is 12.3. The summed E-state index contributed by atoms with van der Waals surface area (Å²) in [4.78, 5) is 17.9. The Labute approximate surface area is 313 Å². The predicted molar refractivity (Wildman–Crippen MR) is 219 cm³/mol. The standard InChI is InChI=1S/C47H27N5OS/c1-2-13-28(14-3-1)44-48-45(50-46(49-44)35-21-11-19-32-31-17-5-8-24-38(31)53-43(32)35)29-15-10-16-30(27-29)51-36-22-6-4-18-33(36)41-34-20-12-26-40-42(34)52(47(41)51)37-23-7-9-25-39(37)54-40/h1-27H. The number of nitrogens with zero attached hydrogens (tertiary/aromatic N) is 5. The van der Waals surface area contributed by atoms with Crippen molar-refractivity contribution < 1.29 is 4.42 Å². The van der Waals surface area contributed by atoms with Gasteiger partial charge in [0.2, 0.25) is 0 Å². The maximum absolute atomic E-state index is 6.46. The normalized spacial score (nSPS) is 12.4. The zero-order valence-corrected chi connectivity index (χ0v) is 29.5. The third kappa shape index (κ3) is 4.21. The lowest BCUT2D eigenvalue weighted by Gasteiger charge is -2.21. The van der Waals surface area contributed by atoms with Crippen LogP contribution in [0.3, 0.4) is 0 Å². The lowest BCUT2D eigenvalue weighted by Crippen LogP contribution is -2.06. The number of aromatic nitrogens is 5. The fraction of sp³-hybridized carbons (Fsp3) is 0. The number of fused-ring (bicyclic) bond motifs is 10. The minimum absolute atomic E-state index is 0.562. The summed E-state index contributed by atoms with van der Waals surface area (Å²) in [6.45, 7) is 0. The van der Waals surface area contributed by atoms with Gasteiger partial charge in [0.05, 0.1) is 22.3 Å². The summed E-state index contributed by atoms with van der Waals surface area (Å²) < 4.78 is 11.3. The molecule has 252 valence electrons. The van der Waals surface area contributed by atoms with E-state index in [-0.39, 0.29) is 0 Å². The molecule has 5 heterocycles. The van der Waals surface area contributed by atoms with Gasteiger partial charge in [-0.25, -0.2) is 15.0 Å². The van der Waals surface area contributed by atoms with E-state index in [4.69, 9.17) is 19.4 Å². The van der Waals surface area contributed by atoms with Crippen LogP contribution in [0.4, 0.5) is 0 Å². The molecule has 12 rings (SSSR count). The molecular weight excluding hydrogens is 683 g/mol. The molecule has 4 aromatic heterocycles. The second kappa shape index (κ2) is 11.3. The maximum atomic E-state index is 6.46. The van der Waals surface area contributed by atoms with Crippen LogP contribution in [-0.4, -0.2) is 24.1 Å². The topological polar surface area (TPSA) is 61.7 Å². The number of para-hydroxylation sites is 5. The molecule has 0 aliphatic carbocycles. The first-order valence-corrected chi connectivity index (χ1v) is 18.8. The van der Waals surface area contributed by atoms with Gasteiger partial charge in [0.15, 0.2) is 17.5 Å². The highest BCUT2D eigenvalue weighted by Crippen LogP contribution is 2.49. The molecule has 0 radical (unpaired) electrons. The van der Waals surface area contributed by atoms with Crippen molar-refractivity contribution in [3.63, 3.8) is 0 Å². The molecule has 0 unspecified atom stereocenters. The van der Waals surface area contributed by atoms with E-state index in [1.807, 2.05) is 72.4 Å². The summed E-state index contributed by atoms with van der Waals surface area (Å²) in [5, 5.41) is 5.82. The van der Waals surface area contributed by atoms with Crippen LogP contribution in [0.1, 0.15) is 0 Å². The summed E-state index contributed by atoms with van der Waals surface area (Å²) in [7, 11) is 0. The van der Waals surface area contributed by atoms with E-state index in [1.54, 1.807) is 0 Å². The van der Waals surface area contributed by atoms with Gasteiger partial charge < -0.3 is 4.42 Å². The van der Waals surface area contributed by atoms with Crippen LogP contribution in [0.5, 0.6) is 0 Å². The second-order valence-corrected chi connectivity index (χ2v) is 14.7. The van der Waals surface area contributed by atoms with Crippen molar-refractivity contribution in [2.45, 2.75) is 9.79 Å². The largest absolute Gasteiger partial charge is 0.455 e. The maximum Gasteiger partial charge on any atom is 0.167 e. The molecule has 7 aromatic carbocycles. The molecule has 0 saturated heterocycles. The molecule has 0 atom stereocenters. The molecule has 11 aromatic rings.